The van der Waals surface area contributed by atoms with Gasteiger partial charge in [0.2, 0.25) is 5.78 Å². The Hall–Kier alpha value is -1.91. The van der Waals surface area contributed by atoms with Crippen LogP contribution in [0.25, 0.3) is 0 Å². The van der Waals surface area contributed by atoms with Crippen LogP contribution in [0.15, 0.2) is 24.3 Å². The number of aromatic nitrogens is 1. The number of nitrogens with one attached hydrogen (secondary N) is 2. The van der Waals surface area contributed by atoms with Gasteiger partial charge in [-0.1, -0.05) is 23.7 Å². The fourth-order valence-corrected chi connectivity index (χ4v) is 3.30. The van der Waals surface area contributed by atoms with Gasteiger partial charge in [-0.05, 0) is 45.4 Å². The smallest absolute Gasteiger partial charge is 0.235 e. The Labute approximate surface area is 147 Å². The highest BCUT2D eigenvalue weighted by atomic mass is 35.5. The quantitative estimate of drug-likeness (QED) is 0.789. The summed E-state index contributed by atoms with van der Waals surface area (Å²) in [7, 11) is 1.99. The second kappa shape index (κ2) is 7.32. The van der Waals surface area contributed by atoms with Crippen LogP contribution in [0.5, 0.6) is 0 Å². The SMILES string of the molecule is CC(=O)c1c(C)[nH]c(C(=O)[C@H](C)[NH+](C)Cc2cccc(Cl)c2)c1C. The zero-order valence-corrected chi connectivity index (χ0v) is 15.5. The third-order valence-electron chi connectivity index (χ3n) is 4.54. The Morgan fingerprint density at radius 2 is 1.96 bits per heavy atom. The summed E-state index contributed by atoms with van der Waals surface area (Å²) in [5, 5.41) is 0.696. The van der Waals surface area contributed by atoms with Gasteiger partial charge in [-0.2, -0.15) is 0 Å². The van der Waals surface area contributed by atoms with Crippen molar-refractivity contribution in [3.05, 3.63) is 57.4 Å². The molecule has 2 aromatic rings. The van der Waals surface area contributed by atoms with Gasteiger partial charge in [0, 0.05) is 21.8 Å². The summed E-state index contributed by atoms with van der Waals surface area (Å²) in [6.07, 6.45) is 0. The van der Waals surface area contributed by atoms with Crippen LogP contribution in [-0.2, 0) is 6.54 Å². The molecule has 0 saturated heterocycles. The average Bonchev–Trinajstić information content (AvgIpc) is 2.80. The van der Waals surface area contributed by atoms with E-state index in [2.05, 4.69) is 4.98 Å². The maximum absolute atomic E-state index is 12.9. The highest BCUT2D eigenvalue weighted by Crippen LogP contribution is 2.19. The molecule has 0 amide bonds. The number of ketones is 2. The maximum atomic E-state index is 12.9. The van der Waals surface area contributed by atoms with Gasteiger partial charge in [0.1, 0.15) is 6.54 Å². The first-order valence-corrected chi connectivity index (χ1v) is 8.41. The van der Waals surface area contributed by atoms with E-state index in [1.807, 2.05) is 52.1 Å². The minimum atomic E-state index is -0.236. The van der Waals surface area contributed by atoms with Crippen molar-refractivity contribution >= 4 is 23.2 Å². The summed E-state index contributed by atoms with van der Waals surface area (Å²) < 4.78 is 0. The van der Waals surface area contributed by atoms with Gasteiger partial charge >= 0.3 is 0 Å². The van der Waals surface area contributed by atoms with E-state index < -0.39 is 0 Å². The monoisotopic (exact) mass is 347 g/mol. The minimum absolute atomic E-state index is 0.0163. The summed E-state index contributed by atoms with van der Waals surface area (Å²) in [4.78, 5) is 28.8. The molecule has 0 radical (unpaired) electrons. The Morgan fingerprint density at radius 1 is 1.29 bits per heavy atom. The van der Waals surface area contributed by atoms with Crippen LogP contribution in [0.4, 0.5) is 0 Å². The van der Waals surface area contributed by atoms with Gasteiger partial charge in [-0.15, -0.1) is 0 Å². The molecule has 0 saturated carbocycles. The number of carbonyl (C=O) groups is 2. The number of aromatic amines is 1. The molecule has 2 atom stereocenters. The molecule has 1 unspecified atom stereocenters. The van der Waals surface area contributed by atoms with Crippen molar-refractivity contribution in [1.29, 1.82) is 0 Å². The first-order chi connectivity index (χ1) is 11.2. The van der Waals surface area contributed by atoms with E-state index in [4.69, 9.17) is 11.6 Å². The van der Waals surface area contributed by atoms with E-state index in [1.165, 1.54) is 6.92 Å². The molecule has 0 aliphatic rings. The van der Waals surface area contributed by atoms with Crippen LogP contribution in [0, 0.1) is 13.8 Å². The van der Waals surface area contributed by atoms with Crippen molar-refractivity contribution in [3.63, 3.8) is 0 Å². The molecule has 2 rings (SSSR count). The van der Waals surface area contributed by atoms with E-state index in [-0.39, 0.29) is 17.6 Å². The van der Waals surface area contributed by atoms with Crippen LogP contribution >= 0.6 is 11.6 Å². The Kier molecular flexibility index (Phi) is 5.62. The molecule has 0 spiro atoms. The van der Waals surface area contributed by atoms with Gasteiger partial charge in [0.25, 0.3) is 0 Å². The van der Waals surface area contributed by atoms with E-state index in [0.717, 1.165) is 21.7 Å². The van der Waals surface area contributed by atoms with E-state index in [1.54, 1.807) is 0 Å². The predicted molar refractivity (Wildman–Crippen MR) is 96.1 cm³/mol. The summed E-state index contributed by atoms with van der Waals surface area (Å²) in [5.74, 6) is -0.00444. The minimum Gasteiger partial charge on any atom is -0.355 e. The first kappa shape index (κ1) is 18.4. The van der Waals surface area contributed by atoms with Crippen LogP contribution in [0.3, 0.4) is 0 Å². The number of hydrogen-bond donors (Lipinski definition) is 2. The number of rotatable bonds is 6. The number of carbonyl (C=O) groups excluding carboxylic acids is 2. The molecule has 1 heterocycles. The number of hydrogen-bond acceptors (Lipinski definition) is 2. The Balaban J connectivity index is 2.20. The van der Waals surface area contributed by atoms with Gasteiger partial charge < -0.3 is 9.88 Å². The number of quaternary nitrogens is 1. The molecule has 2 N–H and O–H groups in total. The van der Waals surface area contributed by atoms with Crippen molar-refractivity contribution in [2.45, 2.75) is 40.3 Å². The van der Waals surface area contributed by atoms with Crippen molar-refractivity contribution in [3.8, 4) is 0 Å². The first-order valence-electron chi connectivity index (χ1n) is 8.03. The number of H-pyrrole nitrogens is 1. The molecule has 5 heteroatoms. The van der Waals surface area contributed by atoms with Crippen LogP contribution in [0.1, 0.15) is 51.5 Å². The summed E-state index contributed by atoms with van der Waals surface area (Å²) in [5.41, 5.74) is 3.74. The largest absolute Gasteiger partial charge is 0.355 e. The fourth-order valence-electron chi connectivity index (χ4n) is 3.09. The van der Waals surface area contributed by atoms with Crippen LogP contribution < -0.4 is 4.90 Å². The average molecular weight is 348 g/mol. The van der Waals surface area contributed by atoms with E-state index in [9.17, 15) is 9.59 Å². The highest BCUT2D eigenvalue weighted by molar-refractivity contribution is 6.30. The summed E-state index contributed by atoms with van der Waals surface area (Å²) >= 11 is 6.02. The van der Waals surface area contributed by atoms with Gasteiger partial charge in [0.15, 0.2) is 11.8 Å². The van der Waals surface area contributed by atoms with Gasteiger partial charge in [-0.25, -0.2) is 0 Å². The molecule has 0 aliphatic carbocycles. The lowest BCUT2D eigenvalue weighted by molar-refractivity contribution is -0.907. The Bertz CT molecular complexity index is 780. The molecular weight excluding hydrogens is 324 g/mol. The third kappa shape index (κ3) is 3.77. The Morgan fingerprint density at radius 3 is 2.50 bits per heavy atom. The highest BCUT2D eigenvalue weighted by Gasteiger charge is 2.28. The molecular formula is C19H24ClN2O2+. The second-order valence-corrected chi connectivity index (χ2v) is 6.86. The van der Waals surface area contributed by atoms with E-state index in [0.29, 0.717) is 22.8 Å². The van der Waals surface area contributed by atoms with Crippen LogP contribution in [0.2, 0.25) is 5.02 Å². The number of benzene rings is 1. The number of halogens is 1. The third-order valence-corrected chi connectivity index (χ3v) is 4.78. The predicted octanol–water partition coefficient (Wildman–Crippen LogP) is 2.77. The number of Topliss-reactive ketones (excluding diaryl/α,β-unsaturated/α-hetero) is 2. The zero-order valence-electron chi connectivity index (χ0n) is 14.8. The number of likely N-dealkylation sites (N-methyl/N-ethyl adjacent to an activating group) is 1. The summed E-state index contributed by atoms with van der Waals surface area (Å²) in [6.45, 7) is 7.79. The van der Waals surface area contributed by atoms with Gasteiger partial charge in [0.05, 0.1) is 12.7 Å². The van der Waals surface area contributed by atoms with Crippen LogP contribution in [-0.4, -0.2) is 29.6 Å². The molecule has 1 aromatic heterocycles. The zero-order chi connectivity index (χ0) is 18.0. The van der Waals surface area contributed by atoms with Crippen molar-refractivity contribution in [1.82, 2.24) is 4.98 Å². The molecule has 0 fully saturated rings. The summed E-state index contributed by atoms with van der Waals surface area (Å²) in [6, 6.07) is 7.43. The molecule has 24 heavy (non-hydrogen) atoms. The molecule has 0 bridgehead atoms. The number of aryl methyl sites for hydroxylation is 1. The van der Waals surface area contributed by atoms with Crippen molar-refractivity contribution in [2.24, 2.45) is 0 Å². The van der Waals surface area contributed by atoms with Crippen molar-refractivity contribution < 1.29 is 14.5 Å². The normalized spacial score (nSPS) is 13.6. The van der Waals surface area contributed by atoms with Crippen molar-refractivity contribution in [2.75, 3.05) is 7.05 Å². The molecule has 4 nitrogen and oxygen atoms in total. The van der Waals surface area contributed by atoms with Gasteiger partial charge in [-0.3, -0.25) is 9.59 Å². The lowest BCUT2D eigenvalue weighted by atomic mass is 10.0. The topological polar surface area (TPSA) is 54.4 Å². The second-order valence-electron chi connectivity index (χ2n) is 6.42. The maximum Gasteiger partial charge on any atom is 0.235 e. The van der Waals surface area contributed by atoms with E-state index >= 15 is 0 Å². The lowest BCUT2D eigenvalue weighted by Gasteiger charge is -2.20. The molecule has 0 aliphatic heterocycles. The molecule has 128 valence electrons. The molecule has 1 aromatic carbocycles. The lowest BCUT2D eigenvalue weighted by Crippen LogP contribution is -3.12. The standard InChI is InChI=1S/C19H23ClN2O2/c1-11-17(14(4)23)12(2)21-18(11)19(24)13(3)22(5)10-15-7-6-8-16(20)9-15/h6-9,13,21H,10H2,1-5H3/p+1/t13-/m0/s1. The fraction of sp³-hybridized carbons (Fsp3) is 0.368.